The summed E-state index contributed by atoms with van der Waals surface area (Å²) in [6.07, 6.45) is -3.63. The average Bonchev–Trinajstić information content (AvgIpc) is 2.94. The van der Waals surface area contributed by atoms with Crippen molar-refractivity contribution in [3.05, 3.63) is 73.9 Å². The van der Waals surface area contributed by atoms with Crippen LogP contribution in [0, 0.1) is 38.2 Å². The molecule has 30 heavy (non-hydrogen) atoms. The molecule has 0 N–H and O–H groups in total. The highest BCUT2D eigenvalue weighted by Crippen LogP contribution is 2.48. The summed E-state index contributed by atoms with van der Waals surface area (Å²) in [5.41, 5.74) is 5.38. The maximum Gasteiger partial charge on any atom is 0.586 e. The first kappa shape index (κ1) is 21.5. The van der Waals surface area contributed by atoms with E-state index in [0.717, 1.165) is 5.30 Å². The maximum absolute atomic E-state index is 13.8. The minimum absolute atomic E-state index is 0.129. The van der Waals surface area contributed by atoms with Crippen LogP contribution in [0.15, 0.2) is 42.5 Å². The minimum Gasteiger partial charge on any atom is -0.395 e. The van der Waals surface area contributed by atoms with Gasteiger partial charge in [0, 0.05) is 5.30 Å². The van der Waals surface area contributed by atoms with Gasteiger partial charge < -0.3 is 9.47 Å². The molecule has 0 atom stereocenters. The first-order valence-electron chi connectivity index (χ1n) is 9.60. The summed E-state index contributed by atoms with van der Waals surface area (Å²) in [7, 11) is -0.973. The third kappa shape index (κ3) is 4.06. The zero-order chi connectivity index (χ0) is 21.8. The normalized spacial score (nSPS) is 14.4. The summed E-state index contributed by atoms with van der Waals surface area (Å²) < 4.78 is 38.1. The van der Waals surface area contributed by atoms with Crippen LogP contribution < -0.4 is 25.4 Å². The minimum atomic E-state index is -3.63. The van der Waals surface area contributed by atoms with E-state index >= 15 is 0 Å². The fourth-order valence-electron chi connectivity index (χ4n) is 3.95. The van der Waals surface area contributed by atoms with E-state index in [1.165, 1.54) is 32.9 Å². The Hall–Kier alpha value is -1.72. The lowest BCUT2D eigenvalue weighted by molar-refractivity contribution is -0.287. The highest BCUT2D eigenvalue weighted by Gasteiger charge is 2.46. The number of hydrogen-bond donors (Lipinski definition) is 0. The molecule has 0 spiro atoms. The van der Waals surface area contributed by atoms with Gasteiger partial charge in [-0.1, -0.05) is 58.7 Å². The van der Waals surface area contributed by atoms with E-state index in [0.29, 0.717) is 9.13 Å². The molecule has 0 bridgehead atoms. The van der Waals surface area contributed by atoms with Gasteiger partial charge >= 0.3 is 6.29 Å². The van der Waals surface area contributed by atoms with E-state index in [9.17, 15) is 8.78 Å². The zero-order valence-corrected chi connectivity index (χ0v) is 20.5. The molecule has 0 unspecified atom stereocenters. The van der Waals surface area contributed by atoms with E-state index in [2.05, 4.69) is 86.7 Å². The summed E-state index contributed by atoms with van der Waals surface area (Å²) in [5, 5.41) is 3.38. The van der Waals surface area contributed by atoms with Crippen molar-refractivity contribution < 1.29 is 18.3 Å². The van der Waals surface area contributed by atoms with Crippen LogP contribution >= 0.6 is 30.5 Å². The number of hydrogen-bond acceptors (Lipinski definition) is 2. The Bertz CT molecular complexity index is 1070. The Labute approximate surface area is 190 Å². The predicted octanol–water partition coefficient (Wildman–Crippen LogP) is 5.91. The second-order valence-electron chi connectivity index (χ2n) is 7.88. The van der Waals surface area contributed by atoms with Gasteiger partial charge in [0.25, 0.3) is 0 Å². The number of aryl methyl sites for hydroxylation is 5. The maximum atomic E-state index is 13.8. The molecule has 0 aromatic heterocycles. The van der Waals surface area contributed by atoms with Crippen molar-refractivity contribution in [1.29, 1.82) is 0 Å². The summed E-state index contributed by atoms with van der Waals surface area (Å²) >= 11 is 2.12. The molecule has 0 aliphatic carbocycles. The molecular weight excluding hydrogens is 516 g/mol. The third-order valence-corrected chi connectivity index (χ3v) is 8.84. The van der Waals surface area contributed by atoms with Crippen molar-refractivity contribution in [2.24, 2.45) is 0 Å². The molecule has 0 amide bonds. The molecule has 1 aliphatic heterocycles. The lowest BCUT2D eigenvalue weighted by Crippen LogP contribution is -2.26. The van der Waals surface area contributed by atoms with Gasteiger partial charge in [-0.25, -0.2) is 0 Å². The van der Waals surface area contributed by atoms with Gasteiger partial charge in [0.1, 0.15) is 0 Å². The van der Waals surface area contributed by atoms with Gasteiger partial charge in [0.2, 0.25) is 0 Å². The highest BCUT2D eigenvalue weighted by molar-refractivity contribution is 14.1. The predicted molar refractivity (Wildman–Crippen MR) is 128 cm³/mol. The Morgan fingerprint density at radius 1 is 0.700 bits per heavy atom. The van der Waals surface area contributed by atoms with Crippen LogP contribution in [0.5, 0.6) is 11.5 Å². The average molecular weight is 538 g/mol. The van der Waals surface area contributed by atoms with Crippen LogP contribution in [0.1, 0.15) is 27.8 Å². The molecule has 3 aromatic rings. The molecule has 1 heterocycles. The van der Waals surface area contributed by atoms with Crippen molar-refractivity contribution in [2.75, 3.05) is 0 Å². The smallest absolute Gasteiger partial charge is 0.395 e. The molecular formula is C24H22F2IO2P. The number of benzene rings is 3. The number of ether oxygens (including phenoxy) is 2. The van der Waals surface area contributed by atoms with E-state index in [1.807, 2.05) is 6.07 Å². The van der Waals surface area contributed by atoms with E-state index in [-0.39, 0.29) is 11.5 Å². The van der Waals surface area contributed by atoms with Crippen LogP contribution in [-0.4, -0.2) is 6.29 Å². The summed E-state index contributed by atoms with van der Waals surface area (Å²) in [4.78, 5) is 0. The monoisotopic (exact) mass is 538 g/mol. The van der Waals surface area contributed by atoms with Crippen LogP contribution in [0.25, 0.3) is 0 Å². The van der Waals surface area contributed by atoms with Crippen LogP contribution in [0.2, 0.25) is 0 Å². The largest absolute Gasteiger partial charge is 0.586 e. The Balaban J connectivity index is 1.99. The van der Waals surface area contributed by atoms with Gasteiger partial charge in [-0.05, 0) is 87.4 Å². The lowest BCUT2D eigenvalue weighted by atomic mass is 10.2. The van der Waals surface area contributed by atoms with Crippen molar-refractivity contribution >= 4 is 46.4 Å². The van der Waals surface area contributed by atoms with Crippen molar-refractivity contribution in [3.63, 3.8) is 0 Å². The second-order valence-corrected chi connectivity index (χ2v) is 11.1. The molecule has 0 radical (unpaired) electrons. The van der Waals surface area contributed by atoms with Crippen molar-refractivity contribution in [3.8, 4) is 11.5 Å². The molecule has 3 aromatic carbocycles. The third-order valence-electron chi connectivity index (χ3n) is 4.95. The molecule has 1 aliphatic rings. The van der Waals surface area contributed by atoms with Gasteiger partial charge in [-0.3, -0.25) is 0 Å². The SMILES string of the molecule is Cc1cc(C)cc(P(c2cc(C)cc(C)c2)c2cc(C)c3c(c2I)OC(F)(F)O3)c1. The second kappa shape index (κ2) is 7.76. The fraction of sp³-hybridized carbons (Fsp3) is 0.250. The molecule has 0 saturated heterocycles. The van der Waals surface area contributed by atoms with Gasteiger partial charge in [-0.2, -0.15) is 0 Å². The van der Waals surface area contributed by atoms with Crippen molar-refractivity contribution in [2.45, 2.75) is 40.9 Å². The van der Waals surface area contributed by atoms with Crippen LogP contribution in [0.3, 0.4) is 0 Å². The van der Waals surface area contributed by atoms with Gasteiger partial charge in [0.05, 0.1) is 3.57 Å². The molecule has 0 saturated carbocycles. The Morgan fingerprint density at radius 2 is 1.13 bits per heavy atom. The van der Waals surface area contributed by atoms with Crippen LogP contribution in [0.4, 0.5) is 8.78 Å². The summed E-state index contributed by atoms with van der Waals surface area (Å²) in [5.74, 6) is 0.265. The molecule has 2 nitrogen and oxygen atoms in total. The number of fused-ring (bicyclic) bond motifs is 1. The van der Waals surface area contributed by atoms with E-state index in [4.69, 9.17) is 9.47 Å². The van der Waals surface area contributed by atoms with Crippen LogP contribution in [-0.2, 0) is 0 Å². The summed E-state index contributed by atoms with van der Waals surface area (Å²) in [6, 6.07) is 15.1. The molecule has 6 heteroatoms. The van der Waals surface area contributed by atoms with Gasteiger partial charge in [-0.15, -0.1) is 8.78 Å². The van der Waals surface area contributed by atoms with E-state index in [1.54, 1.807) is 6.92 Å². The van der Waals surface area contributed by atoms with E-state index < -0.39 is 14.2 Å². The topological polar surface area (TPSA) is 18.5 Å². The summed E-state index contributed by atoms with van der Waals surface area (Å²) in [6.45, 7) is 10.1. The standard InChI is InChI=1S/C24H22F2IO2P/c1-13-6-14(2)9-18(8-13)30(19-10-15(3)7-16(4)11-19)20-12-17(5)22-23(21(20)27)29-24(25,26)28-22/h6-12H,1-5H3. The fourth-order valence-corrected chi connectivity index (χ4v) is 8.00. The number of rotatable bonds is 3. The highest BCUT2D eigenvalue weighted by atomic mass is 127. The Kier molecular flexibility index (Phi) is 5.56. The quantitative estimate of drug-likeness (QED) is 0.305. The first-order valence-corrected chi connectivity index (χ1v) is 12.0. The molecule has 0 fully saturated rings. The number of halogens is 3. The molecule has 4 rings (SSSR count). The van der Waals surface area contributed by atoms with Crippen molar-refractivity contribution in [1.82, 2.24) is 0 Å². The Morgan fingerprint density at radius 3 is 1.60 bits per heavy atom. The first-order chi connectivity index (χ1) is 14.0. The lowest BCUT2D eigenvalue weighted by Gasteiger charge is -2.23. The molecule has 156 valence electrons. The van der Waals surface area contributed by atoms with Gasteiger partial charge in [0.15, 0.2) is 11.5 Å². The number of alkyl halides is 2. The zero-order valence-electron chi connectivity index (χ0n) is 17.4.